The molecule has 1 fully saturated rings. The van der Waals surface area contributed by atoms with Gasteiger partial charge in [0.1, 0.15) is 0 Å². The van der Waals surface area contributed by atoms with Crippen LogP contribution >= 0.6 is 0 Å². The van der Waals surface area contributed by atoms with Crippen LogP contribution in [-0.2, 0) is 12.3 Å². The van der Waals surface area contributed by atoms with Crippen LogP contribution in [0.5, 0.6) is 0 Å². The Bertz CT molecular complexity index is 334. The van der Waals surface area contributed by atoms with E-state index >= 15 is 0 Å². The van der Waals surface area contributed by atoms with E-state index in [2.05, 4.69) is 5.32 Å². The summed E-state index contributed by atoms with van der Waals surface area (Å²) in [5, 5.41) is 3.40. The van der Waals surface area contributed by atoms with Gasteiger partial charge in [0, 0.05) is 18.5 Å². The average molecular weight is 225 g/mol. The molecule has 88 valence electrons. The lowest BCUT2D eigenvalue weighted by molar-refractivity contribution is 0.0174. The van der Waals surface area contributed by atoms with Crippen molar-refractivity contribution in [3.63, 3.8) is 0 Å². The third-order valence-electron chi connectivity index (χ3n) is 3.11. The molecule has 2 rings (SSSR count). The second kappa shape index (κ2) is 4.50. The Hall–Kier alpha value is -0.960. The first-order valence-electron chi connectivity index (χ1n) is 5.76. The summed E-state index contributed by atoms with van der Waals surface area (Å²) in [6.07, 6.45) is 3.34. The number of benzene rings is 1. The fourth-order valence-corrected chi connectivity index (χ4v) is 2.15. The summed E-state index contributed by atoms with van der Waals surface area (Å²) >= 11 is 0. The highest BCUT2D eigenvalue weighted by atomic mass is 19.3. The summed E-state index contributed by atoms with van der Waals surface area (Å²) in [4.78, 5) is 0. The fourth-order valence-electron chi connectivity index (χ4n) is 2.15. The second-order valence-corrected chi connectivity index (χ2v) is 4.58. The average Bonchev–Trinajstić information content (AvgIpc) is 2.70. The lowest BCUT2D eigenvalue weighted by Gasteiger charge is -2.13. The molecule has 1 nitrogen and oxygen atoms in total. The van der Waals surface area contributed by atoms with E-state index in [1.807, 2.05) is 12.1 Å². The van der Waals surface area contributed by atoms with Crippen molar-refractivity contribution in [2.45, 2.75) is 38.2 Å². The third-order valence-corrected chi connectivity index (χ3v) is 3.11. The number of hydrogen-bond donors (Lipinski definition) is 1. The predicted octanol–water partition coefficient (Wildman–Crippen LogP) is 3.09. The van der Waals surface area contributed by atoms with Crippen molar-refractivity contribution in [1.29, 1.82) is 0 Å². The van der Waals surface area contributed by atoms with Crippen LogP contribution in [0.25, 0.3) is 0 Å². The van der Waals surface area contributed by atoms with E-state index in [0.29, 0.717) is 6.04 Å². The van der Waals surface area contributed by atoms with Crippen molar-refractivity contribution in [1.82, 2.24) is 5.32 Å². The Morgan fingerprint density at radius 1 is 1.31 bits per heavy atom. The number of nitrogens with one attached hydrogen (secondary N) is 1. The minimum Gasteiger partial charge on any atom is -0.314 e. The zero-order valence-corrected chi connectivity index (χ0v) is 9.47. The molecule has 0 aromatic heterocycles. The van der Waals surface area contributed by atoms with Gasteiger partial charge < -0.3 is 5.32 Å². The molecule has 1 heterocycles. The Morgan fingerprint density at radius 2 is 2.00 bits per heavy atom. The molecule has 0 saturated carbocycles. The molecule has 16 heavy (non-hydrogen) atoms. The SMILES string of the molecule is CC(F)(F)c1ccc(CC2CCCN2)cc1. The largest absolute Gasteiger partial charge is 0.314 e. The van der Waals surface area contributed by atoms with Crippen molar-refractivity contribution >= 4 is 0 Å². The van der Waals surface area contributed by atoms with E-state index < -0.39 is 5.92 Å². The van der Waals surface area contributed by atoms with Crippen LogP contribution < -0.4 is 5.32 Å². The highest BCUT2D eigenvalue weighted by Gasteiger charge is 2.23. The van der Waals surface area contributed by atoms with Gasteiger partial charge in [-0.3, -0.25) is 0 Å². The van der Waals surface area contributed by atoms with Gasteiger partial charge in [-0.05, 0) is 31.4 Å². The minimum atomic E-state index is -2.73. The van der Waals surface area contributed by atoms with E-state index in [9.17, 15) is 8.78 Å². The van der Waals surface area contributed by atoms with Gasteiger partial charge >= 0.3 is 0 Å². The van der Waals surface area contributed by atoms with Crippen molar-refractivity contribution in [3.05, 3.63) is 35.4 Å². The maximum atomic E-state index is 13.0. The van der Waals surface area contributed by atoms with Gasteiger partial charge in [0.05, 0.1) is 0 Å². The maximum Gasteiger partial charge on any atom is 0.270 e. The Kier molecular flexibility index (Phi) is 3.24. The van der Waals surface area contributed by atoms with E-state index in [-0.39, 0.29) is 5.56 Å². The van der Waals surface area contributed by atoms with Crippen LogP contribution in [0.4, 0.5) is 8.78 Å². The van der Waals surface area contributed by atoms with Gasteiger partial charge in [-0.1, -0.05) is 24.3 Å². The van der Waals surface area contributed by atoms with Gasteiger partial charge in [0.25, 0.3) is 5.92 Å². The molecule has 0 spiro atoms. The molecule has 0 radical (unpaired) electrons. The summed E-state index contributed by atoms with van der Waals surface area (Å²) in [7, 11) is 0. The van der Waals surface area contributed by atoms with Crippen molar-refractivity contribution in [2.75, 3.05) is 6.54 Å². The summed E-state index contributed by atoms with van der Waals surface area (Å²) in [5.74, 6) is -2.73. The van der Waals surface area contributed by atoms with E-state index in [1.54, 1.807) is 0 Å². The predicted molar refractivity (Wildman–Crippen MR) is 60.7 cm³/mol. The summed E-state index contributed by atoms with van der Waals surface area (Å²) < 4.78 is 26.0. The summed E-state index contributed by atoms with van der Waals surface area (Å²) in [6.45, 7) is 2.01. The minimum absolute atomic E-state index is 0.0932. The van der Waals surface area contributed by atoms with Crippen molar-refractivity contribution in [3.8, 4) is 0 Å². The molecule has 1 unspecified atom stereocenters. The fraction of sp³-hybridized carbons (Fsp3) is 0.538. The Labute approximate surface area is 94.9 Å². The molecule has 1 aliphatic rings. The van der Waals surface area contributed by atoms with Gasteiger partial charge in [-0.2, -0.15) is 0 Å². The molecule has 1 N–H and O–H groups in total. The Morgan fingerprint density at radius 3 is 2.50 bits per heavy atom. The van der Waals surface area contributed by atoms with Crippen molar-refractivity contribution in [2.24, 2.45) is 0 Å². The van der Waals surface area contributed by atoms with Gasteiger partial charge in [-0.25, -0.2) is 8.78 Å². The molecule has 1 saturated heterocycles. The first-order chi connectivity index (χ1) is 7.55. The lowest BCUT2D eigenvalue weighted by atomic mass is 10.0. The number of hydrogen-bond acceptors (Lipinski definition) is 1. The third kappa shape index (κ3) is 2.79. The van der Waals surface area contributed by atoms with Crippen LogP contribution in [-0.4, -0.2) is 12.6 Å². The van der Waals surface area contributed by atoms with Gasteiger partial charge in [-0.15, -0.1) is 0 Å². The molecule has 0 aliphatic carbocycles. The van der Waals surface area contributed by atoms with E-state index in [0.717, 1.165) is 25.5 Å². The zero-order valence-electron chi connectivity index (χ0n) is 9.47. The maximum absolute atomic E-state index is 13.0. The van der Waals surface area contributed by atoms with Crippen LogP contribution in [0.2, 0.25) is 0 Å². The van der Waals surface area contributed by atoms with Crippen molar-refractivity contribution < 1.29 is 8.78 Å². The number of alkyl halides is 2. The van der Waals surface area contributed by atoms with E-state index in [1.165, 1.54) is 25.0 Å². The quantitative estimate of drug-likeness (QED) is 0.833. The van der Waals surface area contributed by atoms with Gasteiger partial charge in [0.15, 0.2) is 0 Å². The number of halogens is 2. The van der Waals surface area contributed by atoms with E-state index in [4.69, 9.17) is 0 Å². The molecule has 1 aromatic rings. The molecule has 3 heteroatoms. The second-order valence-electron chi connectivity index (χ2n) is 4.58. The zero-order chi connectivity index (χ0) is 11.6. The molecule has 1 aliphatic heterocycles. The lowest BCUT2D eigenvalue weighted by Crippen LogP contribution is -2.23. The van der Waals surface area contributed by atoms with Crippen LogP contribution in [0, 0.1) is 0 Å². The molecule has 1 atom stereocenters. The molecular weight excluding hydrogens is 208 g/mol. The summed E-state index contributed by atoms with van der Waals surface area (Å²) in [6, 6.07) is 7.21. The standard InChI is InChI=1S/C13H17F2N/c1-13(14,15)11-6-4-10(5-7-11)9-12-3-2-8-16-12/h4-7,12,16H,2-3,8-9H2,1H3. The number of rotatable bonds is 3. The highest BCUT2D eigenvalue weighted by molar-refractivity contribution is 5.26. The van der Waals surface area contributed by atoms with Crippen LogP contribution in [0.3, 0.4) is 0 Å². The molecule has 1 aromatic carbocycles. The first kappa shape index (κ1) is 11.5. The topological polar surface area (TPSA) is 12.0 Å². The van der Waals surface area contributed by atoms with Gasteiger partial charge in [0.2, 0.25) is 0 Å². The van der Waals surface area contributed by atoms with Crippen LogP contribution in [0.1, 0.15) is 30.9 Å². The first-order valence-corrected chi connectivity index (χ1v) is 5.76. The summed E-state index contributed by atoms with van der Waals surface area (Å²) in [5.41, 5.74) is 1.23. The smallest absolute Gasteiger partial charge is 0.270 e. The van der Waals surface area contributed by atoms with Crippen LogP contribution in [0.15, 0.2) is 24.3 Å². The monoisotopic (exact) mass is 225 g/mol. The normalized spacial score (nSPS) is 21.3. The highest BCUT2D eigenvalue weighted by Crippen LogP contribution is 2.27. The molecule has 0 bridgehead atoms. The molecule has 0 amide bonds. The Balaban J connectivity index is 2.01. The molecular formula is C13H17F2N.